The van der Waals surface area contributed by atoms with E-state index in [0.29, 0.717) is 19.4 Å². The van der Waals surface area contributed by atoms with Gasteiger partial charge in [-0.1, -0.05) is 13.8 Å². The minimum Gasteiger partial charge on any atom is -0.392 e. The normalized spacial score (nSPS) is 28.3. The molecule has 1 fully saturated rings. The Hall–Kier alpha value is -0.610. The molecule has 1 rings (SSSR count). The second-order valence-electron chi connectivity index (χ2n) is 4.79. The van der Waals surface area contributed by atoms with Gasteiger partial charge in [-0.25, -0.2) is 0 Å². The molecule has 4 nitrogen and oxygen atoms in total. The summed E-state index contributed by atoms with van der Waals surface area (Å²) in [4.78, 5) is 11.5. The molecule has 2 unspecified atom stereocenters. The molecule has 0 aliphatic heterocycles. The number of hydrogen-bond donors (Lipinski definition) is 2. The Morgan fingerprint density at radius 3 is 2.73 bits per heavy atom. The number of hydrogen-bond acceptors (Lipinski definition) is 3. The Morgan fingerprint density at radius 1 is 1.60 bits per heavy atom. The monoisotopic (exact) mass is 215 g/mol. The van der Waals surface area contributed by atoms with Crippen LogP contribution in [0.25, 0.3) is 0 Å². The van der Waals surface area contributed by atoms with Crippen molar-refractivity contribution in [2.24, 2.45) is 5.41 Å². The second kappa shape index (κ2) is 4.94. The van der Waals surface area contributed by atoms with Gasteiger partial charge in [0.05, 0.1) is 6.10 Å². The van der Waals surface area contributed by atoms with Gasteiger partial charge in [0.1, 0.15) is 0 Å². The molecule has 88 valence electrons. The number of aliphatic hydroxyl groups excluding tert-OH is 1. The van der Waals surface area contributed by atoms with E-state index in [9.17, 15) is 9.90 Å². The molecule has 0 saturated heterocycles. The van der Waals surface area contributed by atoms with E-state index in [1.807, 2.05) is 13.8 Å². The quantitative estimate of drug-likeness (QED) is 0.663. The Bertz CT molecular complexity index is 228. The van der Waals surface area contributed by atoms with Gasteiger partial charge in [-0.05, 0) is 12.8 Å². The molecule has 0 aromatic heterocycles. The molecule has 0 spiro atoms. The van der Waals surface area contributed by atoms with Crippen molar-refractivity contribution < 1.29 is 14.6 Å². The molecular weight excluding hydrogens is 194 g/mol. The molecule has 1 aliphatic rings. The first kappa shape index (κ1) is 12.5. The van der Waals surface area contributed by atoms with Crippen molar-refractivity contribution in [2.75, 3.05) is 13.7 Å². The van der Waals surface area contributed by atoms with Crippen LogP contribution < -0.4 is 5.32 Å². The van der Waals surface area contributed by atoms with Crippen molar-refractivity contribution in [3.8, 4) is 0 Å². The number of aliphatic hydroxyl groups is 1. The van der Waals surface area contributed by atoms with Crippen LogP contribution in [0.15, 0.2) is 0 Å². The second-order valence-corrected chi connectivity index (χ2v) is 4.79. The van der Waals surface area contributed by atoms with E-state index in [4.69, 9.17) is 4.74 Å². The van der Waals surface area contributed by atoms with Crippen molar-refractivity contribution in [3.05, 3.63) is 0 Å². The summed E-state index contributed by atoms with van der Waals surface area (Å²) in [5.41, 5.74) is -0.184. The molecular formula is C11H21NO3. The predicted molar refractivity (Wildman–Crippen MR) is 57.4 cm³/mol. The fourth-order valence-electron chi connectivity index (χ4n) is 1.79. The lowest BCUT2D eigenvalue weighted by molar-refractivity contribution is -0.129. The first-order valence-corrected chi connectivity index (χ1v) is 5.45. The first-order chi connectivity index (χ1) is 6.98. The third kappa shape index (κ3) is 2.92. The highest BCUT2D eigenvalue weighted by Gasteiger charge is 2.47. The highest BCUT2D eigenvalue weighted by Crippen LogP contribution is 2.40. The van der Waals surface area contributed by atoms with E-state index < -0.39 is 0 Å². The maximum absolute atomic E-state index is 11.5. The lowest BCUT2D eigenvalue weighted by atomic mass is 9.64. The molecule has 2 N–H and O–H groups in total. The number of carbonyl (C=O) groups excluding carboxylic acids is 1. The Morgan fingerprint density at radius 2 is 2.27 bits per heavy atom. The number of nitrogens with one attached hydrogen (secondary N) is 1. The minimum atomic E-state index is -0.290. The molecule has 0 heterocycles. The maximum Gasteiger partial charge on any atom is 0.220 e. The van der Waals surface area contributed by atoms with Crippen LogP contribution in [0.3, 0.4) is 0 Å². The third-order valence-electron chi connectivity index (χ3n) is 3.30. The fraction of sp³-hybridized carbons (Fsp3) is 0.909. The smallest absolute Gasteiger partial charge is 0.220 e. The highest BCUT2D eigenvalue weighted by atomic mass is 16.5. The topological polar surface area (TPSA) is 58.6 Å². The summed E-state index contributed by atoms with van der Waals surface area (Å²) in [5.74, 6) is 0.0528. The number of carbonyl (C=O) groups is 1. The zero-order valence-electron chi connectivity index (χ0n) is 9.75. The standard InChI is InChI=1S/C11H21NO3/c1-11(2)8(7-9(11)13)12-10(14)5-4-6-15-3/h8-9,13H,4-7H2,1-3H3,(H,12,14). The number of rotatable bonds is 5. The van der Waals surface area contributed by atoms with Crippen LogP contribution in [0, 0.1) is 5.41 Å². The Balaban J connectivity index is 2.22. The van der Waals surface area contributed by atoms with Crippen molar-refractivity contribution in [3.63, 3.8) is 0 Å². The molecule has 0 aromatic carbocycles. The Kier molecular flexibility index (Phi) is 4.11. The van der Waals surface area contributed by atoms with E-state index in [0.717, 1.165) is 6.42 Å². The predicted octanol–water partition coefficient (Wildman–Crippen LogP) is 0.689. The average molecular weight is 215 g/mol. The molecule has 0 radical (unpaired) electrons. The zero-order valence-corrected chi connectivity index (χ0v) is 9.75. The fourth-order valence-corrected chi connectivity index (χ4v) is 1.79. The van der Waals surface area contributed by atoms with Crippen LogP contribution >= 0.6 is 0 Å². The maximum atomic E-state index is 11.5. The number of methoxy groups -OCH3 is 1. The van der Waals surface area contributed by atoms with Gasteiger partial charge in [-0.2, -0.15) is 0 Å². The molecule has 2 atom stereocenters. The van der Waals surface area contributed by atoms with E-state index in [2.05, 4.69) is 5.32 Å². The summed E-state index contributed by atoms with van der Waals surface area (Å²) in [6, 6.07) is 0.113. The molecule has 0 bridgehead atoms. The van der Waals surface area contributed by atoms with E-state index in [-0.39, 0.29) is 23.5 Å². The van der Waals surface area contributed by atoms with Crippen molar-refractivity contribution in [1.29, 1.82) is 0 Å². The van der Waals surface area contributed by atoms with Crippen molar-refractivity contribution in [1.82, 2.24) is 5.32 Å². The summed E-state index contributed by atoms with van der Waals surface area (Å²) in [5, 5.41) is 12.4. The van der Waals surface area contributed by atoms with Gasteiger partial charge >= 0.3 is 0 Å². The largest absolute Gasteiger partial charge is 0.392 e. The summed E-state index contributed by atoms with van der Waals surface area (Å²) >= 11 is 0. The minimum absolute atomic E-state index is 0.0528. The van der Waals surface area contributed by atoms with Gasteiger partial charge in [-0.15, -0.1) is 0 Å². The molecule has 1 saturated carbocycles. The lowest BCUT2D eigenvalue weighted by Crippen LogP contribution is -2.61. The zero-order chi connectivity index (χ0) is 11.5. The van der Waals surface area contributed by atoms with Crippen molar-refractivity contribution in [2.45, 2.75) is 45.3 Å². The van der Waals surface area contributed by atoms with Crippen LogP contribution in [0.4, 0.5) is 0 Å². The van der Waals surface area contributed by atoms with Crippen LogP contribution in [-0.4, -0.2) is 36.9 Å². The summed E-state index contributed by atoms with van der Waals surface area (Å²) < 4.78 is 4.88. The van der Waals surface area contributed by atoms with Gasteiger partial charge in [0.15, 0.2) is 0 Å². The molecule has 1 amide bonds. The van der Waals surface area contributed by atoms with E-state index in [1.54, 1.807) is 7.11 Å². The van der Waals surface area contributed by atoms with Gasteiger partial charge in [0.25, 0.3) is 0 Å². The van der Waals surface area contributed by atoms with Gasteiger partial charge in [0.2, 0.25) is 5.91 Å². The van der Waals surface area contributed by atoms with E-state index in [1.165, 1.54) is 0 Å². The van der Waals surface area contributed by atoms with Crippen LogP contribution in [-0.2, 0) is 9.53 Å². The van der Waals surface area contributed by atoms with Gasteiger partial charge in [-0.3, -0.25) is 4.79 Å². The average Bonchev–Trinajstić information content (AvgIpc) is 2.18. The first-order valence-electron chi connectivity index (χ1n) is 5.45. The molecule has 1 aliphatic carbocycles. The molecule has 4 heteroatoms. The summed E-state index contributed by atoms with van der Waals surface area (Å²) in [6.45, 7) is 4.56. The highest BCUT2D eigenvalue weighted by molar-refractivity contribution is 5.76. The van der Waals surface area contributed by atoms with Crippen LogP contribution in [0.2, 0.25) is 0 Å². The molecule has 0 aromatic rings. The summed E-state index contributed by atoms with van der Waals surface area (Å²) in [6.07, 6.45) is 1.62. The SMILES string of the molecule is COCCCC(=O)NC1CC(O)C1(C)C. The Labute approximate surface area is 91.0 Å². The van der Waals surface area contributed by atoms with E-state index >= 15 is 0 Å². The van der Waals surface area contributed by atoms with Gasteiger partial charge in [0, 0.05) is 31.6 Å². The van der Waals surface area contributed by atoms with Crippen LogP contribution in [0.1, 0.15) is 33.1 Å². The summed E-state index contributed by atoms with van der Waals surface area (Å²) in [7, 11) is 1.63. The molecule has 15 heavy (non-hydrogen) atoms. The third-order valence-corrected chi connectivity index (χ3v) is 3.30. The lowest BCUT2D eigenvalue weighted by Gasteiger charge is -2.49. The van der Waals surface area contributed by atoms with Crippen molar-refractivity contribution >= 4 is 5.91 Å². The van der Waals surface area contributed by atoms with Gasteiger partial charge < -0.3 is 15.2 Å². The van der Waals surface area contributed by atoms with Crippen LogP contribution in [0.5, 0.6) is 0 Å². The number of amides is 1. The number of ether oxygens (including phenoxy) is 1.